The molecule has 1 aromatic rings. The standard InChI is InChI=1S/C16H26N2O/c1-3-18-10-8-13(9-11-18)15(12-17)14-6-4-5-7-16(14)19-2/h4-7,13,15H,3,8-12,17H2,1-2H3. The maximum Gasteiger partial charge on any atom is 0.122 e. The van der Waals surface area contributed by atoms with E-state index in [-0.39, 0.29) is 0 Å². The second-order valence-electron chi connectivity index (χ2n) is 5.36. The lowest BCUT2D eigenvalue weighted by Gasteiger charge is -2.35. The quantitative estimate of drug-likeness (QED) is 0.886. The molecule has 0 aromatic heterocycles. The lowest BCUT2D eigenvalue weighted by atomic mass is 9.79. The minimum absolute atomic E-state index is 0.426. The van der Waals surface area contributed by atoms with Crippen LogP contribution in [0.4, 0.5) is 0 Å². The van der Waals surface area contributed by atoms with Crippen LogP contribution in [-0.4, -0.2) is 38.2 Å². The zero-order valence-corrected chi connectivity index (χ0v) is 12.1. The number of hydrogen-bond acceptors (Lipinski definition) is 3. The van der Waals surface area contributed by atoms with E-state index in [1.54, 1.807) is 7.11 Å². The predicted octanol–water partition coefficient (Wildman–Crippen LogP) is 2.47. The van der Waals surface area contributed by atoms with Crippen molar-refractivity contribution in [3.8, 4) is 5.75 Å². The van der Waals surface area contributed by atoms with Gasteiger partial charge in [-0.2, -0.15) is 0 Å². The number of rotatable bonds is 5. The maximum absolute atomic E-state index is 6.06. The van der Waals surface area contributed by atoms with E-state index in [2.05, 4.69) is 24.0 Å². The SMILES string of the molecule is CCN1CCC(C(CN)c2ccccc2OC)CC1. The maximum atomic E-state index is 6.06. The van der Waals surface area contributed by atoms with Crippen molar-refractivity contribution >= 4 is 0 Å². The molecule has 106 valence electrons. The molecule has 2 N–H and O–H groups in total. The number of piperidine rings is 1. The Kier molecular flexibility index (Phi) is 5.23. The molecule has 2 rings (SSSR count). The average molecular weight is 262 g/mol. The van der Waals surface area contributed by atoms with Crippen LogP contribution in [0.1, 0.15) is 31.2 Å². The number of hydrogen-bond donors (Lipinski definition) is 1. The summed E-state index contributed by atoms with van der Waals surface area (Å²) < 4.78 is 5.50. The first kappa shape index (κ1) is 14.4. The Labute approximate surface area is 116 Å². The van der Waals surface area contributed by atoms with Crippen molar-refractivity contribution in [1.29, 1.82) is 0 Å². The first-order valence-electron chi connectivity index (χ1n) is 7.35. The Morgan fingerprint density at radius 3 is 2.58 bits per heavy atom. The Morgan fingerprint density at radius 1 is 1.32 bits per heavy atom. The third-order valence-electron chi connectivity index (χ3n) is 4.44. The minimum atomic E-state index is 0.426. The zero-order valence-electron chi connectivity index (χ0n) is 12.1. The monoisotopic (exact) mass is 262 g/mol. The van der Waals surface area contributed by atoms with E-state index in [0.29, 0.717) is 18.4 Å². The zero-order chi connectivity index (χ0) is 13.7. The van der Waals surface area contributed by atoms with Gasteiger partial charge in [0, 0.05) is 5.92 Å². The molecule has 0 radical (unpaired) electrons. The van der Waals surface area contributed by atoms with Gasteiger partial charge in [-0.05, 0) is 56.6 Å². The second-order valence-corrected chi connectivity index (χ2v) is 5.36. The van der Waals surface area contributed by atoms with Crippen molar-refractivity contribution in [1.82, 2.24) is 4.90 Å². The summed E-state index contributed by atoms with van der Waals surface area (Å²) in [5.41, 5.74) is 7.34. The molecule has 1 fully saturated rings. The fraction of sp³-hybridized carbons (Fsp3) is 0.625. The highest BCUT2D eigenvalue weighted by Crippen LogP contribution is 2.36. The number of likely N-dealkylation sites (tertiary alicyclic amines) is 1. The number of nitrogens with two attached hydrogens (primary N) is 1. The smallest absolute Gasteiger partial charge is 0.122 e. The van der Waals surface area contributed by atoms with Crippen molar-refractivity contribution in [2.75, 3.05) is 33.3 Å². The van der Waals surface area contributed by atoms with Crippen LogP contribution in [0, 0.1) is 5.92 Å². The van der Waals surface area contributed by atoms with Crippen molar-refractivity contribution in [3.05, 3.63) is 29.8 Å². The van der Waals surface area contributed by atoms with Gasteiger partial charge in [0.15, 0.2) is 0 Å². The van der Waals surface area contributed by atoms with Gasteiger partial charge in [0.1, 0.15) is 5.75 Å². The van der Waals surface area contributed by atoms with Crippen LogP contribution in [-0.2, 0) is 0 Å². The van der Waals surface area contributed by atoms with Gasteiger partial charge in [0.25, 0.3) is 0 Å². The van der Waals surface area contributed by atoms with Gasteiger partial charge in [0.05, 0.1) is 7.11 Å². The van der Waals surface area contributed by atoms with Crippen LogP contribution < -0.4 is 10.5 Å². The minimum Gasteiger partial charge on any atom is -0.496 e. The van der Waals surface area contributed by atoms with Crippen molar-refractivity contribution < 1.29 is 4.74 Å². The van der Waals surface area contributed by atoms with E-state index in [4.69, 9.17) is 10.5 Å². The number of para-hydroxylation sites is 1. The molecule has 1 aliphatic heterocycles. The van der Waals surface area contributed by atoms with Crippen LogP contribution in [0.3, 0.4) is 0 Å². The second kappa shape index (κ2) is 6.92. The van der Waals surface area contributed by atoms with Crippen LogP contribution in [0.15, 0.2) is 24.3 Å². The summed E-state index contributed by atoms with van der Waals surface area (Å²) in [6, 6.07) is 8.32. The summed E-state index contributed by atoms with van der Waals surface area (Å²) >= 11 is 0. The number of benzene rings is 1. The van der Waals surface area contributed by atoms with Gasteiger partial charge in [-0.15, -0.1) is 0 Å². The van der Waals surface area contributed by atoms with Gasteiger partial charge < -0.3 is 15.4 Å². The third kappa shape index (κ3) is 3.28. The summed E-state index contributed by atoms with van der Waals surface area (Å²) in [5.74, 6) is 2.09. The van der Waals surface area contributed by atoms with Crippen molar-refractivity contribution in [3.63, 3.8) is 0 Å². The van der Waals surface area contributed by atoms with Crippen LogP contribution >= 0.6 is 0 Å². The molecule has 0 saturated carbocycles. The predicted molar refractivity (Wildman–Crippen MR) is 79.6 cm³/mol. The summed E-state index contributed by atoms with van der Waals surface area (Å²) in [4.78, 5) is 2.52. The van der Waals surface area contributed by atoms with E-state index in [1.807, 2.05) is 12.1 Å². The molecule has 0 spiro atoms. The fourth-order valence-corrected chi connectivity index (χ4v) is 3.22. The van der Waals surface area contributed by atoms with Crippen LogP contribution in [0.25, 0.3) is 0 Å². The average Bonchev–Trinajstić information content (AvgIpc) is 2.49. The van der Waals surface area contributed by atoms with Gasteiger partial charge in [0.2, 0.25) is 0 Å². The van der Waals surface area contributed by atoms with E-state index < -0.39 is 0 Å². The van der Waals surface area contributed by atoms with Crippen LogP contribution in [0.2, 0.25) is 0 Å². The van der Waals surface area contributed by atoms with Crippen molar-refractivity contribution in [2.45, 2.75) is 25.7 Å². The van der Waals surface area contributed by atoms with Crippen LogP contribution in [0.5, 0.6) is 5.75 Å². The number of nitrogens with zero attached hydrogens (tertiary/aromatic N) is 1. The van der Waals surface area contributed by atoms with Crippen molar-refractivity contribution in [2.24, 2.45) is 11.7 Å². The molecule has 1 atom stereocenters. The van der Waals surface area contributed by atoms with E-state index >= 15 is 0 Å². The fourth-order valence-electron chi connectivity index (χ4n) is 3.22. The molecule has 19 heavy (non-hydrogen) atoms. The molecule has 0 bridgehead atoms. The summed E-state index contributed by atoms with van der Waals surface area (Å²) in [6.07, 6.45) is 2.49. The van der Waals surface area contributed by atoms with E-state index in [0.717, 1.165) is 12.3 Å². The molecule has 1 saturated heterocycles. The topological polar surface area (TPSA) is 38.5 Å². The molecule has 0 amide bonds. The molecule has 1 aromatic carbocycles. The largest absolute Gasteiger partial charge is 0.496 e. The Bertz CT molecular complexity index is 386. The lowest BCUT2D eigenvalue weighted by molar-refractivity contribution is 0.175. The molecule has 1 aliphatic rings. The molecular weight excluding hydrogens is 236 g/mol. The summed E-state index contributed by atoms with van der Waals surface area (Å²) in [6.45, 7) is 6.51. The third-order valence-corrected chi connectivity index (χ3v) is 4.44. The molecular formula is C16H26N2O. The number of ether oxygens (including phenoxy) is 1. The highest BCUT2D eigenvalue weighted by Gasteiger charge is 2.27. The molecule has 1 heterocycles. The molecule has 3 heteroatoms. The van der Waals surface area contributed by atoms with Gasteiger partial charge in [-0.25, -0.2) is 0 Å². The molecule has 1 unspecified atom stereocenters. The van der Waals surface area contributed by atoms with Gasteiger partial charge in [-0.3, -0.25) is 0 Å². The normalized spacial score (nSPS) is 19.3. The first-order chi connectivity index (χ1) is 9.30. The van der Waals surface area contributed by atoms with E-state index in [9.17, 15) is 0 Å². The van der Waals surface area contributed by atoms with Gasteiger partial charge >= 0.3 is 0 Å². The lowest BCUT2D eigenvalue weighted by Crippen LogP contribution is -2.37. The Balaban J connectivity index is 2.12. The number of methoxy groups -OCH3 is 1. The summed E-state index contributed by atoms with van der Waals surface area (Å²) in [7, 11) is 1.74. The summed E-state index contributed by atoms with van der Waals surface area (Å²) in [5, 5.41) is 0. The molecule has 0 aliphatic carbocycles. The Hall–Kier alpha value is -1.06. The first-order valence-corrected chi connectivity index (χ1v) is 7.35. The highest BCUT2D eigenvalue weighted by molar-refractivity contribution is 5.37. The van der Waals surface area contributed by atoms with Gasteiger partial charge in [-0.1, -0.05) is 25.1 Å². The van der Waals surface area contributed by atoms with E-state index in [1.165, 1.54) is 31.5 Å². The molecule has 3 nitrogen and oxygen atoms in total. The Morgan fingerprint density at radius 2 is 2.00 bits per heavy atom. The highest BCUT2D eigenvalue weighted by atomic mass is 16.5.